The predicted octanol–water partition coefficient (Wildman–Crippen LogP) is 1.10. The molecule has 5 nitrogen and oxygen atoms in total. The number of likely N-dealkylation sites (N-methyl/N-ethyl adjacent to an activating group) is 1. The molecule has 5 heteroatoms. The monoisotopic (exact) mass is 287 g/mol. The number of aromatic nitrogens is 1. The Balaban J connectivity index is 2.06. The summed E-state index contributed by atoms with van der Waals surface area (Å²) in [7, 11) is 1.61. The Hall–Kier alpha value is -1.75. The zero-order chi connectivity index (χ0) is 14.9. The highest BCUT2D eigenvalue weighted by Crippen LogP contribution is 2.44. The summed E-state index contributed by atoms with van der Waals surface area (Å²) < 4.78 is 0. The molecule has 0 spiro atoms. The number of rotatable bonds is 2. The lowest BCUT2D eigenvalue weighted by atomic mass is 9.62. The Kier molecular flexibility index (Phi) is 3.76. The van der Waals surface area contributed by atoms with Crippen molar-refractivity contribution >= 4 is 11.8 Å². The largest absolute Gasteiger partial charge is 0.317 e. The molecule has 1 unspecified atom stereocenters. The van der Waals surface area contributed by atoms with Gasteiger partial charge >= 0.3 is 0 Å². The second kappa shape index (κ2) is 5.56. The van der Waals surface area contributed by atoms with Crippen LogP contribution in [0.2, 0.25) is 0 Å². The van der Waals surface area contributed by atoms with Crippen LogP contribution in [0.15, 0.2) is 24.5 Å². The van der Waals surface area contributed by atoms with Gasteiger partial charge in [-0.15, -0.1) is 0 Å². The van der Waals surface area contributed by atoms with Gasteiger partial charge in [-0.25, -0.2) is 0 Å². The Morgan fingerprint density at radius 3 is 2.57 bits per heavy atom. The van der Waals surface area contributed by atoms with Gasteiger partial charge in [0.1, 0.15) is 0 Å². The van der Waals surface area contributed by atoms with Crippen molar-refractivity contribution < 1.29 is 9.59 Å². The Bertz CT molecular complexity index is 540. The molecule has 0 radical (unpaired) electrons. The van der Waals surface area contributed by atoms with Crippen LogP contribution in [0.25, 0.3) is 0 Å². The number of imide groups is 1. The molecule has 1 atom stereocenters. The van der Waals surface area contributed by atoms with E-state index in [1.54, 1.807) is 19.4 Å². The lowest BCUT2D eigenvalue weighted by molar-refractivity contribution is -0.154. The summed E-state index contributed by atoms with van der Waals surface area (Å²) in [5, 5.41) is 3.35. The van der Waals surface area contributed by atoms with Gasteiger partial charge in [0, 0.05) is 25.9 Å². The van der Waals surface area contributed by atoms with Crippen molar-refractivity contribution in [3.05, 3.63) is 30.1 Å². The van der Waals surface area contributed by atoms with Crippen LogP contribution >= 0.6 is 0 Å². The number of hydrogen-bond donors (Lipinski definition) is 1. The summed E-state index contributed by atoms with van der Waals surface area (Å²) in [5.74, 6) is 0.166. The van der Waals surface area contributed by atoms with Gasteiger partial charge < -0.3 is 5.32 Å². The molecule has 0 aromatic carbocycles. The normalized spacial score (nSPS) is 28.0. The Morgan fingerprint density at radius 2 is 1.90 bits per heavy atom. The maximum Gasteiger partial charge on any atom is 0.239 e. The maximum absolute atomic E-state index is 13.0. The van der Waals surface area contributed by atoms with Crippen LogP contribution in [0, 0.1) is 5.92 Å². The SMILES string of the molecule is CN1C(=O)CCC(c2ccncc2)(C2CCNCC2)C1=O. The first-order valence-electron chi connectivity index (χ1n) is 7.58. The predicted molar refractivity (Wildman–Crippen MR) is 78.5 cm³/mol. The van der Waals surface area contributed by atoms with Gasteiger partial charge in [0.15, 0.2) is 0 Å². The second-order valence-electron chi connectivity index (χ2n) is 5.99. The summed E-state index contributed by atoms with van der Waals surface area (Å²) in [6, 6.07) is 3.87. The van der Waals surface area contributed by atoms with E-state index in [0.29, 0.717) is 12.8 Å². The van der Waals surface area contributed by atoms with Gasteiger partial charge in [-0.2, -0.15) is 0 Å². The highest BCUT2D eigenvalue weighted by atomic mass is 16.2. The van der Waals surface area contributed by atoms with E-state index in [2.05, 4.69) is 10.3 Å². The third kappa shape index (κ3) is 2.25. The third-order valence-electron chi connectivity index (χ3n) is 5.03. The molecule has 2 saturated heterocycles. The molecule has 3 heterocycles. The fourth-order valence-electron chi connectivity index (χ4n) is 3.84. The summed E-state index contributed by atoms with van der Waals surface area (Å²) >= 11 is 0. The molecule has 0 saturated carbocycles. The number of carbonyl (C=O) groups excluding carboxylic acids is 2. The molecule has 1 aromatic heterocycles. The van der Waals surface area contributed by atoms with E-state index >= 15 is 0 Å². The van der Waals surface area contributed by atoms with Crippen LogP contribution in [0.1, 0.15) is 31.2 Å². The second-order valence-corrected chi connectivity index (χ2v) is 5.99. The Labute approximate surface area is 124 Å². The van der Waals surface area contributed by atoms with Crippen molar-refractivity contribution in [3.8, 4) is 0 Å². The van der Waals surface area contributed by atoms with E-state index in [9.17, 15) is 9.59 Å². The smallest absolute Gasteiger partial charge is 0.239 e. The van der Waals surface area contributed by atoms with Gasteiger partial charge in [-0.3, -0.25) is 19.5 Å². The Morgan fingerprint density at radius 1 is 1.24 bits per heavy atom. The van der Waals surface area contributed by atoms with Crippen molar-refractivity contribution in [1.29, 1.82) is 0 Å². The van der Waals surface area contributed by atoms with Crippen molar-refractivity contribution in [2.24, 2.45) is 5.92 Å². The van der Waals surface area contributed by atoms with Crippen molar-refractivity contribution in [2.45, 2.75) is 31.1 Å². The average Bonchev–Trinajstić information content (AvgIpc) is 2.55. The molecule has 2 amide bonds. The zero-order valence-corrected chi connectivity index (χ0v) is 12.3. The molecular weight excluding hydrogens is 266 g/mol. The quantitative estimate of drug-likeness (QED) is 0.827. The van der Waals surface area contributed by atoms with E-state index < -0.39 is 5.41 Å². The number of carbonyl (C=O) groups is 2. The van der Waals surface area contributed by atoms with E-state index in [4.69, 9.17) is 0 Å². The summed E-state index contributed by atoms with van der Waals surface area (Å²) in [5.41, 5.74) is 0.446. The van der Waals surface area contributed by atoms with Crippen LogP contribution in [0.3, 0.4) is 0 Å². The van der Waals surface area contributed by atoms with Crippen LogP contribution in [0.5, 0.6) is 0 Å². The third-order valence-corrected chi connectivity index (χ3v) is 5.03. The molecule has 21 heavy (non-hydrogen) atoms. The minimum Gasteiger partial charge on any atom is -0.317 e. The number of pyridine rings is 1. The first-order valence-corrected chi connectivity index (χ1v) is 7.58. The van der Waals surface area contributed by atoms with Crippen LogP contribution < -0.4 is 5.32 Å². The molecule has 2 fully saturated rings. The fraction of sp³-hybridized carbons (Fsp3) is 0.562. The van der Waals surface area contributed by atoms with Crippen molar-refractivity contribution in [3.63, 3.8) is 0 Å². The number of likely N-dealkylation sites (tertiary alicyclic amines) is 1. The number of nitrogens with zero attached hydrogens (tertiary/aromatic N) is 2. The van der Waals surface area contributed by atoms with Gasteiger partial charge in [0.2, 0.25) is 11.8 Å². The van der Waals surface area contributed by atoms with Crippen LogP contribution in [0.4, 0.5) is 0 Å². The van der Waals surface area contributed by atoms with E-state index in [1.165, 1.54) is 4.90 Å². The average molecular weight is 287 g/mol. The lowest BCUT2D eigenvalue weighted by Crippen LogP contribution is -2.57. The summed E-state index contributed by atoms with van der Waals surface area (Å²) in [6.07, 6.45) is 6.47. The molecule has 0 aliphatic carbocycles. The number of amides is 2. The molecule has 2 aliphatic rings. The number of nitrogens with one attached hydrogen (secondary N) is 1. The minimum absolute atomic E-state index is 0.0446. The molecule has 3 rings (SSSR count). The zero-order valence-electron chi connectivity index (χ0n) is 12.3. The van der Waals surface area contributed by atoms with E-state index in [0.717, 1.165) is 31.5 Å². The fourth-order valence-corrected chi connectivity index (χ4v) is 3.84. The topological polar surface area (TPSA) is 62.3 Å². The van der Waals surface area contributed by atoms with Gasteiger partial charge in [0.05, 0.1) is 5.41 Å². The number of piperidine rings is 2. The van der Waals surface area contributed by atoms with E-state index in [-0.39, 0.29) is 17.7 Å². The molecular formula is C16H21N3O2. The summed E-state index contributed by atoms with van der Waals surface area (Å²) in [6.45, 7) is 1.87. The molecule has 2 aliphatic heterocycles. The van der Waals surface area contributed by atoms with E-state index in [1.807, 2.05) is 12.1 Å². The van der Waals surface area contributed by atoms with Gasteiger partial charge in [-0.05, 0) is 56.0 Å². The standard InChI is InChI=1S/C16H21N3O2/c1-19-14(20)2-7-16(15(19)21,12-3-8-17-9-4-12)13-5-10-18-11-6-13/h3-4,8-9,13,18H,2,5-7,10-11H2,1H3. The highest BCUT2D eigenvalue weighted by Gasteiger charge is 2.51. The minimum atomic E-state index is -0.562. The first kappa shape index (κ1) is 14.2. The number of hydrogen-bond acceptors (Lipinski definition) is 4. The highest BCUT2D eigenvalue weighted by molar-refractivity contribution is 6.03. The molecule has 1 aromatic rings. The summed E-state index contributed by atoms with van der Waals surface area (Å²) in [4.78, 5) is 30.3. The van der Waals surface area contributed by atoms with Gasteiger partial charge in [-0.1, -0.05) is 0 Å². The van der Waals surface area contributed by atoms with Crippen LogP contribution in [-0.4, -0.2) is 41.8 Å². The van der Waals surface area contributed by atoms with Gasteiger partial charge in [0.25, 0.3) is 0 Å². The van der Waals surface area contributed by atoms with Crippen molar-refractivity contribution in [2.75, 3.05) is 20.1 Å². The molecule has 1 N–H and O–H groups in total. The lowest BCUT2D eigenvalue weighted by Gasteiger charge is -2.46. The van der Waals surface area contributed by atoms with Crippen molar-refractivity contribution in [1.82, 2.24) is 15.2 Å². The molecule has 0 bridgehead atoms. The van der Waals surface area contributed by atoms with Crippen LogP contribution in [-0.2, 0) is 15.0 Å². The first-order chi connectivity index (χ1) is 10.2. The molecule has 112 valence electrons. The maximum atomic E-state index is 13.0.